The van der Waals surface area contributed by atoms with Crippen molar-refractivity contribution in [1.82, 2.24) is 4.67 Å². The van der Waals surface area contributed by atoms with Crippen molar-refractivity contribution in [3.05, 3.63) is 58.9 Å². The van der Waals surface area contributed by atoms with Crippen molar-refractivity contribution in [2.75, 3.05) is 14.1 Å². The molecule has 5 heteroatoms. The smallest absolute Gasteiger partial charge is 0.216 e. The van der Waals surface area contributed by atoms with Gasteiger partial charge < -0.3 is 4.52 Å². The number of aliphatic imine (C=N–C) groups is 1. The third-order valence-electron chi connectivity index (χ3n) is 4.79. The van der Waals surface area contributed by atoms with Crippen LogP contribution in [-0.2, 0) is 10.8 Å². The SMILES string of the molecule is CN(C)P1Oc2c(cc(C(C)(C)C)cc2C(C)(C)C)N=C1c1ccc(F)cc1. The van der Waals surface area contributed by atoms with Crippen LogP contribution < -0.4 is 4.52 Å². The summed E-state index contributed by atoms with van der Waals surface area (Å²) >= 11 is 0. The zero-order chi connectivity index (χ0) is 20.9. The molecule has 0 spiro atoms. The van der Waals surface area contributed by atoms with Crippen LogP contribution in [0.5, 0.6) is 5.75 Å². The van der Waals surface area contributed by atoms with E-state index >= 15 is 0 Å². The summed E-state index contributed by atoms with van der Waals surface area (Å²) in [7, 11) is 2.89. The molecule has 2 aromatic rings. The van der Waals surface area contributed by atoms with Crippen molar-refractivity contribution >= 4 is 19.4 Å². The van der Waals surface area contributed by atoms with Gasteiger partial charge in [0.05, 0.1) is 0 Å². The molecule has 1 aliphatic rings. The lowest BCUT2D eigenvalue weighted by Crippen LogP contribution is -2.22. The van der Waals surface area contributed by atoms with E-state index in [1.807, 2.05) is 14.1 Å². The Hall–Kier alpha value is -1.77. The summed E-state index contributed by atoms with van der Waals surface area (Å²) in [5.41, 5.74) is 4.96. The number of fused-ring (bicyclic) bond motifs is 1. The second-order valence-corrected chi connectivity index (χ2v) is 11.5. The second-order valence-electron chi connectivity index (χ2n) is 9.53. The average Bonchev–Trinajstić information content (AvgIpc) is 2.58. The van der Waals surface area contributed by atoms with Crippen LogP contribution in [0.4, 0.5) is 10.1 Å². The highest BCUT2D eigenvalue weighted by atomic mass is 31.2. The Balaban J connectivity index is 2.26. The van der Waals surface area contributed by atoms with Gasteiger partial charge in [-0.1, -0.05) is 47.6 Å². The molecule has 0 amide bonds. The standard InChI is InChI=1S/C23H30FN2OP/c1-22(2,3)16-13-18(23(4,5)6)20-19(14-16)25-21(28(27-20)26(7)8)15-9-11-17(24)12-10-15/h9-14H,1-8H3. The molecule has 1 aliphatic heterocycles. The van der Waals surface area contributed by atoms with Gasteiger partial charge in [-0.3, -0.25) is 4.67 Å². The van der Waals surface area contributed by atoms with Gasteiger partial charge in [-0.2, -0.15) is 0 Å². The quantitative estimate of drug-likeness (QED) is 0.520. The Morgan fingerprint density at radius 1 is 0.929 bits per heavy atom. The molecule has 3 rings (SSSR count). The molecule has 1 atom stereocenters. The van der Waals surface area contributed by atoms with E-state index in [0.717, 1.165) is 22.5 Å². The molecular formula is C23H30FN2OP. The second kappa shape index (κ2) is 7.24. The van der Waals surface area contributed by atoms with Gasteiger partial charge in [0, 0.05) is 11.1 Å². The van der Waals surface area contributed by atoms with E-state index in [2.05, 4.69) is 58.3 Å². The van der Waals surface area contributed by atoms with Crippen molar-refractivity contribution in [1.29, 1.82) is 0 Å². The van der Waals surface area contributed by atoms with Gasteiger partial charge in [0.15, 0.2) is 5.75 Å². The van der Waals surface area contributed by atoms with Crippen LogP contribution in [0.25, 0.3) is 0 Å². The lowest BCUT2D eigenvalue weighted by Gasteiger charge is -2.34. The van der Waals surface area contributed by atoms with E-state index in [0.29, 0.717) is 0 Å². The monoisotopic (exact) mass is 400 g/mol. The maximum Gasteiger partial charge on any atom is 0.216 e. The highest BCUT2D eigenvalue weighted by Gasteiger charge is 2.34. The summed E-state index contributed by atoms with van der Waals surface area (Å²) in [6.45, 7) is 13.2. The minimum Gasteiger partial charge on any atom is -0.450 e. The first-order valence-electron chi connectivity index (χ1n) is 9.57. The van der Waals surface area contributed by atoms with Crippen LogP contribution >= 0.6 is 8.30 Å². The third kappa shape index (κ3) is 4.14. The summed E-state index contributed by atoms with van der Waals surface area (Å²) in [4.78, 5) is 5.05. The Morgan fingerprint density at radius 2 is 1.54 bits per heavy atom. The van der Waals surface area contributed by atoms with Crippen LogP contribution in [0.15, 0.2) is 41.4 Å². The molecule has 0 N–H and O–H groups in total. The molecule has 0 aliphatic carbocycles. The summed E-state index contributed by atoms with van der Waals surface area (Å²) < 4.78 is 22.1. The first kappa shape index (κ1) is 21.0. The van der Waals surface area contributed by atoms with Gasteiger partial charge in [0.25, 0.3) is 0 Å². The van der Waals surface area contributed by atoms with Gasteiger partial charge in [-0.15, -0.1) is 0 Å². The van der Waals surface area contributed by atoms with Crippen molar-refractivity contribution in [2.45, 2.75) is 52.4 Å². The van der Waals surface area contributed by atoms with Crippen LogP contribution in [0.1, 0.15) is 58.2 Å². The number of hydrogen-bond acceptors (Lipinski definition) is 3. The van der Waals surface area contributed by atoms with E-state index in [1.54, 1.807) is 12.1 Å². The maximum absolute atomic E-state index is 13.4. The van der Waals surface area contributed by atoms with Crippen molar-refractivity contribution in [3.63, 3.8) is 0 Å². The Kier molecular flexibility index (Phi) is 5.42. The van der Waals surface area contributed by atoms with Gasteiger partial charge in [0.1, 0.15) is 17.0 Å². The minimum absolute atomic E-state index is 0.00428. The largest absolute Gasteiger partial charge is 0.450 e. The normalized spacial score (nSPS) is 17.2. The lowest BCUT2D eigenvalue weighted by atomic mass is 9.80. The maximum atomic E-state index is 13.4. The summed E-state index contributed by atoms with van der Waals surface area (Å²) in [5, 5.41) is 0. The van der Waals surface area contributed by atoms with Gasteiger partial charge in [-0.25, -0.2) is 9.38 Å². The Morgan fingerprint density at radius 3 is 2.04 bits per heavy atom. The fourth-order valence-electron chi connectivity index (χ4n) is 3.11. The molecule has 0 fully saturated rings. The minimum atomic E-state index is -1.11. The summed E-state index contributed by atoms with van der Waals surface area (Å²) in [6, 6.07) is 10.9. The molecule has 2 aromatic carbocycles. The zero-order valence-corrected chi connectivity index (χ0v) is 19.0. The number of nitrogens with zero attached hydrogens (tertiary/aromatic N) is 2. The van der Waals surface area contributed by atoms with Gasteiger partial charge in [0.2, 0.25) is 8.30 Å². The van der Waals surface area contributed by atoms with Crippen LogP contribution in [-0.4, -0.2) is 24.2 Å². The highest BCUT2D eigenvalue weighted by molar-refractivity contribution is 7.70. The molecular weight excluding hydrogens is 370 g/mol. The van der Waals surface area contributed by atoms with Crippen LogP contribution in [0, 0.1) is 5.82 Å². The number of rotatable bonds is 2. The van der Waals surface area contributed by atoms with E-state index in [-0.39, 0.29) is 16.6 Å². The molecule has 150 valence electrons. The van der Waals surface area contributed by atoms with Gasteiger partial charge in [-0.05, 0) is 60.8 Å². The first-order chi connectivity index (χ1) is 12.9. The molecule has 1 unspecified atom stereocenters. The van der Waals surface area contributed by atoms with E-state index < -0.39 is 8.30 Å². The van der Waals surface area contributed by atoms with E-state index in [4.69, 9.17) is 9.52 Å². The first-order valence-corrected chi connectivity index (χ1v) is 10.8. The van der Waals surface area contributed by atoms with E-state index in [1.165, 1.54) is 23.3 Å². The lowest BCUT2D eigenvalue weighted by molar-refractivity contribution is 0.502. The molecule has 1 heterocycles. The van der Waals surface area contributed by atoms with Crippen LogP contribution in [0.2, 0.25) is 0 Å². The fourth-order valence-corrected chi connectivity index (χ4v) is 4.67. The van der Waals surface area contributed by atoms with Crippen LogP contribution in [0.3, 0.4) is 0 Å². The van der Waals surface area contributed by atoms with Crippen molar-refractivity contribution < 1.29 is 8.91 Å². The number of hydrogen-bond donors (Lipinski definition) is 0. The predicted octanol–water partition coefficient (Wildman–Crippen LogP) is 6.76. The zero-order valence-electron chi connectivity index (χ0n) is 18.1. The molecule has 0 saturated heterocycles. The summed E-state index contributed by atoms with van der Waals surface area (Å²) in [5.74, 6) is 0.617. The fraction of sp³-hybridized carbons (Fsp3) is 0.435. The number of halogens is 1. The predicted molar refractivity (Wildman–Crippen MR) is 118 cm³/mol. The topological polar surface area (TPSA) is 24.8 Å². The average molecular weight is 400 g/mol. The van der Waals surface area contributed by atoms with Crippen molar-refractivity contribution in [3.8, 4) is 5.75 Å². The molecule has 0 aromatic heterocycles. The number of benzene rings is 2. The highest BCUT2D eigenvalue weighted by Crippen LogP contribution is 2.55. The Labute approximate surface area is 169 Å². The molecule has 28 heavy (non-hydrogen) atoms. The third-order valence-corrected chi connectivity index (χ3v) is 6.60. The molecule has 0 bridgehead atoms. The Bertz CT molecular complexity index is 906. The van der Waals surface area contributed by atoms with E-state index in [9.17, 15) is 4.39 Å². The molecule has 3 nitrogen and oxygen atoms in total. The van der Waals surface area contributed by atoms with Crippen molar-refractivity contribution in [2.24, 2.45) is 4.99 Å². The molecule has 0 saturated carbocycles. The summed E-state index contributed by atoms with van der Waals surface area (Å²) in [6.07, 6.45) is 0. The van der Waals surface area contributed by atoms with Gasteiger partial charge >= 0.3 is 0 Å². The molecule has 0 radical (unpaired) electrons.